The zero-order valence-electron chi connectivity index (χ0n) is 20.1. The maximum absolute atomic E-state index is 13.2. The van der Waals surface area contributed by atoms with Crippen LogP contribution in [0.15, 0.2) is 36.5 Å². The molecule has 0 aliphatic carbocycles. The van der Waals surface area contributed by atoms with Gasteiger partial charge in [0.25, 0.3) is 5.69 Å². The molecule has 2 saturated heterocycles. The van der Waals surface area contributed by atoms with E-state index >= 15 is 0 Å². The van der Waals surface area contributed by atoms with E-state index in [-0.39, 0.29) is 25.1 Å². The summed E-state index contributed by atoms with van der Waals surface area (Å²) in [4.78, 5) is 33.2. The van der Waals surface area contributed by atoms with Gasteiger partial charge in [-0.2, -0.15) is 13.2 Å². The average Bonchev–Trinajstić information content (AvgIpc) is 3.33. The third-order valence-electron chi connectivity index (χ3n) is 6.68. The first kappa shape index (κ1) is 29.4. The van der Waals surface area contributed by atoms with E-state index in [0.29, 0.717) is 31.0 Å². The van der Waals surface area contributed by atoms with Crippen LogP contribution in [0.5, 0.6) is 0 Å². The van der Waals surface area contributed by atoms with Crippen LogP contribution in [0.3, 0.4) is 0 Å². The Kier molecular flexibility index (Phi) is 9.77. The van der Waals surface area contributed by atoms with E-state index in [4.69, 9.17) is 11.6 Å². The van der Waals surface area contributed by atoms with Gasteiger partial charge in [-0.05, 0) is 43.7 Å². The van der Waals surface area contributed by atoms with Crippen molar-refractivity contribution in [2.75, 3.05) is 56.0 Å². The molecule has 208 valence electrons. The van der Waals surface area contributed by atoms with Crippen LogP contribution in [0.2, 0.25) is 5.02 Å². The van der Waals surface area contributed by atoms with Gasteiger partial charge in [0.1, 0.15) is 11.4 Å². The first-order valence-corrected chi connectivity index (χ1v) is 12.5. The predicted octanol–water partition coefficient (Wildman–Crippen LogP) is 4.91. The van der Waals surface area contributed by atoms with E-state index in [9.17, 15) is 28.1 Å². The van der Waals surface area contributed by atoms with Crippen molar-refractivity contribution in [1.29, 1.82) is 0 Å². The molecule has 2 aliphatic rings. The molecule has 2 aromatic rings. The van der Waals surface area contributed by atoms with Gasteiger partial charge in [0, 0.05) is 69.7 Å². The summed E-state index contributed by atoms with van der Waals surface area (Å²) in [6.07, 6.45) is -1.48. The normalized spacial score (nSPS) is 18.3. The number of nitro benzene ring substituents is 1. The Balaban J connectivity index is 0.00000400. The summed E-state index contributed by atoms with van der Waals surface area (Å²) in [6.45, 7) is 5.16. The Morgan fingerprint density at radius 2 is 1.89 bits per heavy atom. The molecule has 0 spiro atoms. The number of nitrogens with one attached hydrogen (secondary N) is 1. The van der Waals surface area contributed by atoms with E-state index in [0.717, 1.165) is 57.1 Å². The minimum atomic E-state index is -4.84. The fourth-order valence-corrected chi connectivity index (χ4v) is 4.83. The third-order valence-corrected chi connectivity index (χ3v) is 6.91. The lowest BCUT2D eigenvalue weighted by atomic mass is 10.1. The highest BCUT2D eigenvalue weighted by Gasteiger charge is 2.38. The van der Waals surface area contributed by atoms with Crippen molar-refractivity contribution >= 4 is 34.7 Å². The molecule has 13 heteroatoms. The fourth-order valence-electron chi connectivity index (χ4n) is 4.72. The largest absolute Gasteiger partial charge is 0.423 e. The lowest BCUT2D eigenvalue weighted by Gasteiger charge is -2.35. The minimum Gasteiger partial charge on any atom is -0.380 e. The van der Waals surface area contributed by atoms with Crippen LogP contribution in [0, 0.1) is 10.1 Å². The number of rotatable bonds is 8. The Hall–Kier alpha value is -3.12. The van der Waals surface area contributed by atoms with Crippen LogP contribution in [0.1, 0.15) is 32.3 Å². The second kappa shape index (κ2) is 12.6. The molecule has 38 heavy (non-hydrogen) atoms. The van der Waals surface area contributed by atoms with Crippen LogP contribution in [-0.2, 0) is 11.0 Å². The molecule has 2 aliphatic heterocycles. The molecular weight excluding hydrogens is 525 g/mol. The van der Waals surface area contributed by atoms with E-state index < -0.39 is 22.4 Å². The topological polar surface area (TPSA) is 94.9 Å². The number of alkyl halides is 3. The molecule has 0 saturated carbocycles. The molecule has 1 aromatic carbocycles. The van der Waals surface area contributed by atoms with Gasteiger partial charge in [0.15, 0.2) is 0 Å². The minimum absolute atomic E-state index is 0. The van der Waals surface area contributed by atoms with Crippen molar-refractivity contribution in [3.8, 4) is 0 Å². The van der Waals surface area contributed by atoms with Crippen molar-refractivity contribution in [2.24, 2.45) is 0 Å². The van der Waals surface area contributed by atoms with Gasteiger partial charge in [0.2, 0.25) is 5.91 Å². The number of aromatic nitrogens is 1. The second-order valence-corrected chi connectivity index (χ2v) is 9.66. The van der Waals surface area contributed by atoms with E-state index in [1.165, 1.54) is 6.07 Å². The van der Waals surface area contributed by atoms with Crippen molar-refractivity contribution in [1.82, 2.24) is 14.8 Å². The number of benzene rings is 1. The number of amides is 1. The van der Waals surface area contributed by atoms with Gasteiger partial charge in [-0.1, -0.05) is 19.0 Å². The molecule has 3 heterocycles. The molecule has 1 N–H and O–H groups in total. The standard InChI is InChI=1S/C24H28ClF3N6O3.CH4/c25-17-3-6-22(29-15-17)32-12-10-31(11-13-32)8-1-2-23(35)33-9-7-19(16-33)30-18-4-5-21(34(36)37)20(14-18)24(26,27)28;/h3-6,14-15,19,30H,1-2,7-13,16H2;1H4/t19-;/m1./s1. The molecule has 0 bridgehead atoms. The molecule has 1 amide bonds. The molecular formula is C25H32ClF3N6O3. The number of piperazine rings is 1. The first-order valence-electron chi connectivity index (χ1n) is 12.1. The lowest BCUT2D eigenvalue weighted by Crippen LogP contribution is -2.47. The maximum Gasteiger partial charge on any atom is 0.423 e. The van der Waals surface area contributed by atoms with Crippen LogP contribution in [0.4, 0.5) is 30.4 Å². The first-order chi connectivity index (χ1) is 17.6. The number of likely N-dealkylation sites (tertiary alicyclic amines) is 1. The number of carbonyl (C=O) groups excluding carboxylic acids is 1. The summed E-state index contributed by atoms with van der Waals surface area (Å²) in [7, 11) is 0. The van der Waals surface area contributed by atoms with Crippen molar-refractivity contribution in [3.05, 3.63) is 57.2 Å². The zero-order chi connectivity index (χ0) is 26.6. The Labute approximate surface area is 224 Å². The Morgan fingerprint density at radius 1 is 1.16 bits per heavy atom. The van der Waals surface area contributed by atoms with E-state index in [2.05, 4.69) is 20.1 Å². The fraction of sp³-hybridized carbons (Fsp3) is 0.520. The van der Waals surface area contributed by atoms with Crippen LogP contribution in [0.25, 0.3) is 0 Å². The number of anilines is 2. The maximum atomic E-state index is 13.2. The summed E-state index contributed by atoms with van der Waals surface area (Å²) in [6, 6.07) is 6.39. The average molecular weight is 557 g/mol. The summed E-state index contributed by atoms with van der Waals surface area (Å²) in [5, 5.41) is 14.5. The number of halogens is 4. The quantitative estimate of drug-likeness (QED) is 0.364. The predicted molar refractivity (Wildman–Crippen MR) is 141 cm³/mol. The van der Waals surface area contributed by atoms with Gasteiger partial charge in [-0.3, -0.25) is 19.8 Å². The van der Waals surface area contributed by atoms with E-state index in [1.807, 2.05) is 12.1 Å². The molecule has 1 atom stereocenters. The summed E-state index contributed by atoms with van der Waals surface area (Å²) < 4.78 is 39.7. The van der Waals surface area contributed by atoms with Gasteiger partial charge >= 0.3 is 6.18 Å². The molecule has 0 unspecified atom stereocenters. The Morgan fingerprint density at radius 3 is 2.53 bits per heavy atom. The van der Waals surface area contributed by atoms with Crippen LogP contribution >= 0.6 is 11.6 Å². The van der Waals surface area contributed by atoms with Crippen molar-refractivity contribution in [3.63, 3.8) is 0 Å². The third kappa shape index (κ3) is 7.47. The molecule has 2 fully saturated rings. The molecule has 1 aromatic heterocycles. The lowest BCUT2D eigenvalue weighted by molar-refractivity contribution is -0.388. The van der Waals surface area contributed by atoms with E-state index in [1.54, 1.807) is 11.1 Å². The molecule has 0 radical (unpaired) electrons. The summed E-state index contributed by atoms with van der Waals surface area (Å²) >= 11 is 5.90. The van der Waals surface area contributed by atoms with Crippen molar-refractivity contribution < 1.29 is 22.9 Å². The number of hydrogen-bond donors (Lipinski definition) is 1. The Bertz CT molecular complexity index is 1110. The van der Waals surface area contributed by atoms with Gasteiger partial charge in [-0.15, -0.1) is 0 Å². The second-order valence-electron chi connectivity index (χ2n) is 9.22. The highest BCUT2D eigenvalue weighted by atomic mass is 35.5. The SMILES string of the molecule is C.O=C(CCCN1CCN(c2ccc(Cl)cn2)CC1)N1CC[C@@H](Nc2ccc([N+](=O)[O-])c(C(F)(F)F)c2)C1. The smallest absolute Gasteiger partial charge is 0.380 e. The van der Waals surface area contributed by atoms with Crippen LogP contribution in [-0.4, -0.2) is 77.5 Å². The highest BCUT2D eigenvalue weighted by molar-refractivity contribution is 6.30. The highest BCUT2D eigenvalue weighted by Crippen LogP contribution is 2.37. The van der Waals surface area contributed by atoms with Crippen LogP contribution < -0.4 is 10.2 Å². The van der Waals surface area contributed by atoms with Gasteiger partial charge in [-0.25, -0.2) is 4.98 Å². The molecule has 4 rings (SSSR count). The van der Waals surface area contributed by atoms with Crippen molar-refractivity contribution in [2.45, 2.75) is 38.9 Å². The number of hydrogen-bond acceptors (Lipinski definition) is 7. The summed E-state index contributed by atoms with van der Waals surface area (Å²) in [5.74, 6) is 0.924. The number of carbonyl (C=O) groups is 1. The van der Waals surface area contributed by atoms with Gasteiger partial charge in [0.05, 0.1) is 9.95 Å². The monoisotopic (exact) mass is 556 g/mol. The molecule has 9 nitrogen and oxygen atoms in total. The summed E-state index contributed by atoms with van der Waals surface area (Å²) in [5.41, 5.74) is -2.13. The number of nitro groups is 1. The number of pyridine rings is 1. The van der Waals surface area contributed by atoms with Gasteiger partial charge < -0.3 is 15.1 Å². The number of nitrogens with zero attached hydrogens (tertiary/aromatic N) is 5. The zero-order valence-corrected chi connectivity index (χ0v) is 20.8.